The van der Waals surface area contributed by atoms with Gasteiger partial charge in [0.05, 0.1) is 16.8 Å². The molecule has 0 atom stereocenters. The molecule has 0 saturated carbocycles. The predicted molar refractivity (Wildman–Crippen MR) is 95.8 cm³/mol. The van der Waals surface area contributed by atoms with E-state index in [9.17, 15) is 4.79 Å². The van der Waals surface area contributed by atoms with E-state index in [-0.39, 0.29) is 12.0 Å². The second kappa shape index (κ2) is 7.78. The first-order chi connectivity index (χ1) is 11.0. The summed E-state index contributed by atoms with van der Waals surface area (Å²) < 4.78 is 6.47. The number of halogens is 1. The average molecular weight is 376 g/mol. The number of ether oxygens (including phenoxy) is 1. The van der Waals surface area contributed by atoms with Crippen molar-refractivity contribution in [2.75, 3.05) is 5.73 Å². The number of nitrogens with two attached hydrogens (primary N) is 1. The number of hydrogen-bond acceptors (Lipinski definition) is 4. The van der Waals surface area contributed by atoms with Crippen LogP contribution in [0.4, 0.5) is 5.69 Å². The van der Waals surface area contributed by atoms with E-state index in [0.29, 0.717) is 11.3 Å². The topological polar surface area (TPSA) is 76.7 Å². The zero-order valence-corrected chi connectivity index (χ0v) is 14.5. The molecule has 2 aromatic carbocycles. The van der Waals surface area contributed by atoms with Gasteiger partial charge in [-0.05, 0) is 77.8 Å². The standard InChI is InChI=1S/C17H18BrN3O2/c1-11(2)23-16-8-3-12(9-15(16)18)10-20-21-17(22)13-4-6-14(19)7-5-13/h3-11H,19H2,1-2H3,(H,21,22)/b20-10-. The van der Waals surface area contributed by atoms with Crippen LogP contribution in [0.2, 0.25) is 0 Å². The van der Waals surface area contributed by atoms with Crippen molar-refractivity contribution in [1.29, 1.82) is 0 Å². The van der Waals surface area contributed by atoms with E-state index in [2.05, 4.69) is 26.5 Å². The molecular weight excluding hydrogens is 358 g/mol. The van der Waals surface area contributed by atoms with Gasteiger partial charge in [0.15, 0.2) is 0 Å². The number of nitrogens with one attached hydrogen (secondary N) is 1. The number of hydrogen-bond donors (Lipinski definition) is 2. The Morgan fingerprint density at radius 1 is 1.26 bits per heavy atom. The highest BCUT2D eigenvalue weighted by Crippen LogP contribution is 2.26. The molecule has 120 valence electrons. The van der Waals surface area contributed by atoms with Gasteiger partial charge in [0.2, 0.25) is 0 Å². The Labute approximate surface area is 143 Å². The Kier molecular flexibility index (Phi) is 5.76. The monoisotopic (exact) mass is 375 g/mol. The minimum absolute atomic E-state index is 0.102. The van der Waals surface area contributed by atoms with Crippen LogP contribution in [0.15, 0.2) is 52.0 Å². The number of benzene rings is 2. The molecule has 2 rings (SSSR count). The van der Waals surface area contributed by atoms with Crippen LogP contribution in [0.1, 0.15) is 29.8 Å². The Morgan fingerprint density at radius 2 is 1.96 bits per heavy atom. The van der Waals surface area contributed by atoms with Gasteiger partial charge in [0.25, 0.3) is 5.91 Å². The van der Waals surface area contributed by atoms with Gasteiger partial charge in [-0.15, -0.1) is 0 Å². The summed E-state index contributed by atoms with van der Waals surface area (Å²) in [5.41, 5.74) is 10.0. The highest BCUT2D eigenvalue weighted by Gasteiger charge is 2.05. The molecule has 1 amide bonds. The first-order valence-electron chi connectivity index (χ1n) is 7.11. The van der Waals surface area contributed by atoms with Crippen molar-refractivity contribution in [2.24, 2.45) is 5.10 Å². The van der Waals surface area contributed by atoms with Crippen LogP contribution in [0.3, 0.4) is 0 Å². The zero-order chi connectivity index (χ0) is 16.8. The fraction of sp³-hybridized carbons (Fsp3) is 0.176. The summed E-state index contributed by atoms with van der Waals surface area (Å²) in [5, 5.41) is 3.95. The van der Waals surface area contributed by atoms with Gasteiger partial charge in [-0.1, -0.05) is 0 Å². The third kappa shape index (κ3) is 5.10. The normalized spacial score (nSPS) is 11.0. The molecule has 0 saturated heterocycles. The lowest BCUT2D eigenvalue weighted by molar-refractivity contribution is 0.0955. The van der Waals surface area contributed by atoms with Crippen molar-refractivity contribution in [1.82, 2.24) is 5.43 Å². The molecule has 0 bridgehead atoms. The summed E-state index contributed by atoms with van der Waals surface area (Å²) in [7, 11) is 0. The second-order valence-corrected chi connectivity index (χ2v) is 6.03. The minimum atomic E-state index is -0.292. The molecule has 0 spiro atoms. The lowest BCUT2D eigenvalue weighted by atomic mass is 10.2. The third-order valence-corrected chi connectivity index (χ3v) is 3.49. The number of amides is 1. The van der Waals surface area contributed by atoms with E-state index in [1.165, 1.54) is 0 Å². The van der Waals surface area contributed by atoms with Gasteiger partial charge in [0, 0.05) is 11.3 Å². The lowest BCUT2D eigenvalue weighted by Crippen LogP contribution is -2.17. The molecule has 0 aliphatic heterocycles. The molecule has 5 nitrogen and oxygen atoms in total. The number of nitrogen functional groups attached to an aromatic ring is 1. The fourth-order valence-electron chi connectivity index (χ4n) is 1.81. The molecule has 0 radical (unpaired) electrons. The van der Waals surface area contributed by atoms with Crippen LogP contribution in [0, 0.1) is 0 Å². The molecular formula is C17H18BrN3O2. The summed E-state index contributed by atoms with van der Waals surface area (Å²) in [6, 6.07) is 12.2. The van der Waals surface area contributed by atoms with Crippen LogP contribution >= 0.6 is 15.9 Å². The zero-order valence-electron chi connectivity index (χ0n) is 12.9. The molecule has 0 unspecified atom stereocenters. The fourth-order valence-corrected chi connectivity index (χ4v) is 2.30. The number of anilines is 1. The first kappa shape index (κ1) is 17.0. The molecule has 0 fully saturated rings. The largest absolute Gasteiger partial charge is 0.490 e. The Balaban J connectivity index is 1.99. The van der Waals surface area contributed by atoms with E-state index in [1.807, 2.05) is 32.0 Å². The van der Waals surface area contributed by atoms with Crippen LogP contribution in [-0.4, -0.2) is 18.2 Å². The summed E-state index contributed by atoms with van der Waals surface area (Å²) in [6.45, 7) is 3.93. The van der Waals surface area contributed by atoms with E-state index in [1.54, 1.807) is 30.5 Å². The van der Waals surface area contributed by atoms with E-state index in [4.69, 9.17) is 10.5 Å². The molecule has 23 heavy (non-hydrogen) atoms. The Hall–Kier alpha value is -2.34. The predicted octanol–water partition coefficient (Wildman–Crippen LogP) is 3.58. The maximum Gasteiger partial charge on any atom is 0.271 e. The highest BCUT2D eigenvalue weighted by molar-refractivity contribution is 9.10. The maximum atomic E-state index is 11.9. The van der Waals surface area contributed by atoms with Crippen molar-refractivity contribution >= 4 is 33.7 Å². The molecule has 0 aromatic heterocycles. The number of nitrogens with zero attached hydrogens (tertiary/aromatic N) is 1. The summed E-state index contributed by atoms with van der Waals surface area (Å²) in [4.78, 5) is 11.9. The second-order valence-electron chi connectivity index (χ2n) is 5.18. The van der Waals surface area contributed by atoms with Gasteiger partial charge in [0.1, 0.15) is 5.75 Å². The first-order valence-corrected chi connectivity index (χ1v) is 7.90. The minimum Gasteiger partial charge on any atom is -0.490 e. The summed E-state index contributed by atoms with van der Waals surface area (Å²) >= 11 is 3.45. The van der Waals surface area contributed by atoms with Gasteiger partial charge in [-0.2, -0.15) is 5.10 Å². The van der Waals surface area contributed by atoms with Crippen molar-refractivity contribution in [3.8, 4) is 5.75 Å². The van der Waals surface area contributed by atoms with Gasteiger partial charge in [-0.3, -0.25) is 4.79 Å². The number of hydrazone groups is 1. The molecule has 0 aliphatic carbocycles. The van der Waals surface area contributed by atoms with E-state index < -0.39 is 0 Å². The quantitative estimate of drug-likeness (QED) is 0.476. The summed E-state index contributed by atoms with van der Waals surface area (Å²) in [5.74, 6) is 0.475. The van der Waals surface area contributed by atoms with Gasteiger partial charge >= 0.3 is 0 Å². The number of rotatable bonds is 5. The van der Waals surface area contributed by atoms with Gasteiger partial charge < -0.3 is 10.5 Å². The van der Waals surface area contributed by atoms with E-state index >= 15 is 0 Å². The molecule has 3 N–H and O–H groups in total. The molecule has 2 aromatic rings. The van der Waals surface area contributed by atoms with Crippen molar-refractivity contribution < 1.29 is 9.53 Å². The summed E-state index contributed by atoms with van der Waals surface area (Å²) in [6.07, 6.45) is 1.67. The van der Waals surface area contributed by atoms with E-state index in [0.717, 1.165) is 15.8 Å². The van der Waals surface area contributed by atoms with Crippen molar-refractivity contribution in [3.05, 3.63) is 58.1 Å². The van der Waals surface area contributed by atoms with Crippen molar-refractivity contribution in [3.63, 3.8) is 0 Å². The van der Waals surface area contributed by atoms with Crippen LogP contribution in [-0.2, 0) is 0 Å². The molecule has 6 heteroatoms. The lowest BCUT2D eigenvalue weighted by Gasteiger charge is -2.11. The average Bonchev–Trinajstić information content (AvgIpc) is 2.50. The van der Waals surface area contributed by atoms with Crippen LogP contribution in [0.25, 0.3) is 0 Å². The smallest absolute Gasteiger partial charge is 0.271 e. The maximum absolute atomic E-state index is 11.9. The third-order valence-electron chi connectivity index (χ3n) is 2.87. The van der Waals surface area contributed by atoms with Crippen LogP contribution < -0.4 is 15.9 Å². The molecule has 0 heterocycles. The molecule has 0 aliphatic rings. The Morgan fingerprint density at radius 3 is 2.57 bits per heavy atom. The SMILES string of the molecule is CC(C)Oc1ccc(/C=N\NC(=O)c2ccc(N)cc2)cc1Br. The number of carbonyl (C=O) groups excluding carboxylic acids is 1. The van der Waals surface area contributed by atoms with Crippen LogP contribution in [0.5, 0.6) is 5.75 Å². The number of carbonyl (C=O) groups is 1. The van der Waals surface area contributed by atoms with Gasteiger partial charge in [-0.25, -0.2) is 5.43 Å². The van der Waals surface area contributed by atoms with Crippen molar-refractivity contribution in [2.45, 2.75) is 20.0 Å². The highest BCUT2D eigenvalue weighted by atomic mass is 79.9. The Bertz CT molecular complexity index is 712.